The maximum absolute atomic E-state index is 5.76. The second kappa shape index (κ2) is 6.22. The summed E-state index contributed by atoms with van der Waals surface area (Å²) in [5, 5.41) is 3.52. The van der Waals surface area contributed by atoms with Crippen LogP contribution in [0.1, 0.15) is 26.7 Å². The Labute approximate surface area is 125 Å². The molecule has 2 heterocycles. The summed E-state index contributed by atoms with van der Waals surface area (Å²) in [5.74, 6) is 0.759. The number of anilines is 1. The van der Waals surface area contributed by atoms with E-state index < -0.39 is 0 Å². The molecule has 1 fully saturated rings. The highest BCUT2D eigenvalue weighted by molar-refractivity contribution is 5.55. The maximum Gasteiger partial charge on any atom is 0.159 e. The zero-order valence-corrected chi connectivity index (χ0v) is 12.5. The van der Waals surface area contributed by atoms with E-state index in [1.807, 2.05) is 42.7 Å². The monoisotopic (exact) mass is 283 g/mol. The minimum Gasteiger partial charge on any atom is -0.380 e. The van der Waals surface area contributed by atoms with E-state index in [9.17, 15) is 0 Å². The fourth-order valence-corrected chi connectivity index (χ4v) is 2.90. The predicted molar refractivity (Wildman–Crippen MR) is 84.1 cm³/mol. The minimum atomic E-state index is 0.302. The lowest BCUT2D eigenvalue weighted by Crippen LogP contribution is -2.36. The van der Waals surface area contributed by atoms with Crippen molar-refractivity contribution >= 4 is 5.69 Å². The first kappa shape index (κ1) is 14.0. The topological polar surface area (TPSA) is 47.0 Å². The lowest BCUT2D eigenvalue weighted by atomic mass is 10.00. The third kappa shape index (κ3) is 3.58. The van der Waals surface area contributed by atoms with E-state index in [0.717, 1.165) is 29.9 Å². The van der Waals surface area contributed by atoms with Crippen molar-refractivity contribution < 1.29 is 4.74 Å². The quantitative estimate of drug-likeness (QED) is 0.936. The molecular formula is C17H21N3O. The molecule has 1 saturated heterocycles. The summed E-state index contributed by atoms with van der Waals surface area (Å²) in [6, 6.07) is 10.4. The van der Waals surface area contributed by atoms with Gasteiger partial charge in [0.1, 0.15) is 0 Å². The molecule has 0 bridgehead atoms. The van der Waals surface area contributed by atoms with Crippen molar-refractivity contribution in [1.29, 1.82) is 0 Å². The van der Waals surface area contributed by atoms with Crippen LogP contribution >= 0.6 is 0 Å². The average Bonchev–Trinajstić information content (AvgIpc) is 2.48. The summed E-state index contributed by atoms with van der Waals surface area (Å²) in [6.07, 6.45) is 6.36. The standard InChI is InChI=1S/C17H21N3O/c1-12-8-15(9-13(2)21-12)20-16-10-18-17(19-11-16)14-6-4-3-5-7-14/h3-7,10-13,15,20H,8-9H2,1-2H3. The molecule has 2 aromatic rings. The van der Waals surface area contributed by atoms with Crippen LogP contribution in [0.15, 0.2) is 42.7 Å². The highest BCUT2D eigenvalue weighted by Gasteiger charge is 2.24. The van der Waals surface area contributed by atoms with Crippen molar-refractivity contribution in [3.63, 3.8) is 0 Å². The van der Waals surface area contributed by atoms with Gasteiger partial charge in [0.25, 0.3) is 0 Å². The molecule has 0 radical (unpaired) electrons. The maximum atomic E-state index is 5.76. The highest BCUT2D eigenvalue weighted by atomic mass is 16.5. The van der Waals surface area contributed by atoms with E-state index in [0.29, 0.717) is 18.2 Å². The molecule has 1 N–H and O–H groups in total. The van der Waals surface area contributed by atoms with E-state index in [-0.39, 0.29) is 0 Å². The van der Waals surface area contributed by atoms with Crippen molar-refractivity contribution in [2.75, 3.05) is 5.32 Å². The zero-order chi connectivity index (χ0) is 14.7. The SMILES string of the molecule is CC1CC(Nc2cnc(-c3ccccc3)nc2)CC(C)O1. The van der Waals surface area contributed by atoms with Gasteiger partial charge in [-0.05, 0) is 26.7 Å². The van der Waals surface area contributed by atoms with E-state index in [4.69, 9.17) is 4.74 Å². The van der Waals surface area contributed by atoms with Crippen molar-refractivity contribution in [3.8, 4) is 11.4 Å². The second-order valence-corrected chi connectivity index (χ2v) is 5.73. The molecule has 0 spiro atoms. The molecule has 3 rings (SSSR count). The Balaban J connectivity index is 1.67. The molecule has 0 amide bonds. The average molecular weight is 283 g/mol. The van der Waals surface area contributed by atoms with Gasteiger partial charge < -0.3 is 10.1 Å². The van der Waals surface area contributed by atoms with Crippen LogP contribution in [0.25, 0.3) is 11.4 Å². The summed E-state index contributed by atoms with van der Waals surface area (Å²) in [7, 11) is 0. The summed E-state index contributed by atoms with van der Waals surface area (Å²) in [6.45, 7) is 4.25. The number of aromatic nitrogens is 2. The first-order valence-electron chi connectivity index (χ1n) is 7.50. The van der Waals surface area contributed by atoms with Gasteiger partial charge in [-0.3, -0.25) is 0 Å². The van der Waals surface area contributed by atoms with Crippen LogP contribution in [0.2, 0.25) is 0 Å². The Bertz CT molecular complexity index is 560. The number of benzene rings is 1. The molecule has 1 aliphatic rings. The number of ether oxygens (including phenoxy) is 1. The van der Waals surface area contributed by atoms with E-state index in [1.54, 1.807) is 0 Å². The van der Waals surface area contributed by atoms with Gasteiger partial charge in [-0.15, -0.1) is 0 Å². The van der Waals surface area contributed by atoms with Crippen molar-refractivity contribution in [2.24, 2.45) is 0 Å². The van der Waals surface area contributed by atoms with Gasteiger partial charge in [0.15, 0.2) is 5.82 Å². The fourth-order valence-electron chi connectivity index (χ4n) is 2.90. The van der Waals surface area contributed by atoms with Crippen LogP contribution in [0.5, 0.6) is 0 Å². The largest absolute Gasteiger partial charge is 0.380 e. The van der Waals surface area contributed by atoms with E-state index in [2.05, 4.69) is 29.1 Å². The van der Waals surface area contributed by atoms with Crippen LogP contribution in [0.3, 0.4) is 0 Å². The Morgan fingerprint density at radius 1 is 1.00 bits per heavy atom. The van der Waals surface area contributed by atoms with Gasteiger partial charge in [-0.2, -0.15) is 0 Å². The number of hydrogen-bond donors (Lipinski definition) is 1. The van der Waals surface area contributed by atoms with Gasteiger partial charge in [0, 0.05) is 11.6 Å². The minimum absolute atomic E-state index is 0.302. The number of rotatable bonds is 3. The Morgan fingerprint density at radius 2 is 1.62 bits per heavy atom. The lowest BCUT2D eigenvalue weighted by Gasteiger charge is -2.32. The number of nitrogens with one attached hydrogen (secondary N) is 1. The highest BCUT2D eigenvalue weighted by Crippen LogP contribution is 2.22. The molecule has 2 unspecified atom stereocenters. The molecule has 4 nitrogen and oxygen atoms in total. The molecule has 4 heteroatoms. The number of hydrogen-bond acceptors (Lipinski definition) is 4. The van der Waals surface area contributed by atoms with Gasteiger partial charge in [-0.1, -0.05) is 30.3 Å². The third-order valence-electron chi connectivity index (χ3n) is 3.75. The van der Waals surface area contributed by atoms with Crippen molar-refractivity contribution in [2.45, 2.75) is 44.9 Å². The molecular weight excluding hydrogens is 262 g/mol. The Morgan fingerprint density at radius 3 is 2.24 bits per heavy atom. The Kier molecular flexibility index (Phi) is 4.15. The molecule has 21 heavy (non-hydrogen) atoms. The third-order valence-corrected chi connectivity index (χ3v) is 3.75. The zero-order valence-electron chi connectivity index (χ0n) is 12.5. The first-order valence-corrected chi connectivity index (χ1v) is 7.50. The van der Waals surface area contributed by atoms with Gasteiger partial charge in [0.05, 0.1) is 30.3 Å². The van der Waals surface area contributed by atoms with Crippen LogP contribution in [0, 0.1) is 0 Å². The first-order chi connectivity index (χ1) is 10.2. The Hall–Kier alpha value is -1.94. The summed E-state index contributed by atoms with van der Waals surface area (Å²) < 4.78 is 5.76. The lowest BCUT2D eigenvalue weighted by molar-refractivity contribution is -0.0337. The van der Waals surface area contributed by atoms with Crippen LogP contribution < -0.4 is 5.32 Å². The molecule has 1 aromatic carbocycles. The van der Waals surface area contributed by atoms with Crippen LogP contribution in [-0.2, 0) is 4.74 Å². The van der Waals surface area contributed by atoms with Crippen LogP contribution in [0.4, 0.5) is 5.69 Å². The summed E-state index contributed by atoms with van der Waals surface area (Å²) in [5.41, 5.74) is 2.01. The molecule has 1 aliphatic heterocycles. The predicted octanol–water partition coefficient (Wildman–Crippen LogP) is 3.51. The summed E-state index contributed by atoms with van der Waals surface area (Å²) >= 11 is 0. The van der Waals surface area contributed by atoms with Crippen molar-refractivity contribution in [1.82, 2.24) is 9.97 Å². The second-order valence-electron chi connectivity index (χ2n) is 5.73. The van der Waals surface area contributed by atoms with Gasteiger partial charge in [0.2, 0.25) is 0 Å². The van der Waals surface area contributed by atoms with Gasteiger partial charge in [-0.25, -0.2) is 9.97 Å². The fraction of sp³-hybridized carbons (Fsp3) is 0.412. The van der Waals surface area contributed by atoms with E-state index >= 15 is 0 Å². The summed E-state index contributed by atoms with van der Waals surface area (Å²) in [4.78, 5) is 8.90. The van der Waals surface area contributed by atoms with Crippen molar-refractivity contribution in [3.05, 3.63) is 42.7 Å². The molecule has 2 atom stereocenters. The van der Waals surface area contributed by atoms with E-state index in [1.165, 1.54) is 0 Å². The molecule has 1 aromatic heterocycles. The molecule has 0 aliphatic carbocycles. The molecule has 110 valence electrons. The normalized spacial score (nSPS) is 25.5. The number of nitrogens with zero attached hydrogens (tertiary/aromatic N) is 2. The van der Waals surface area contributed by atoms with Gasteiger partial charge >= 0.3 is 0 Å². The smallest absolute Gasteiger partial charge is 0.159 e. The molecule has 0 saturated carbocycles. The van der Waals surface area contributed by atoms with Crippen LogP contribution in [-0.4, -0.2) is 28.2 Å².